The van der Waals surface area contributed by atoms with Crippen LogP contribution in [0.3, 0.4) is 0 Å². The molecule has 0 bridgehead atoms. The maximum atomic E-state index is 13.8. The van der Waals surface area contributed by atoms with Crippen molar-refractivity contribution in [2.45, 2.75) is 19.4 Å². The molecule has 0 saturated carbocycles. The average Bonchev–Trinajstić information content (AvgIpc) is 3.50. The summed E-state index contributed by atoms with van der Waals surface area (Å²) in [6.45, 7) is 1.96. The summed E-state index contributed by atoms with van der Waals surface area (Å²) in [6, 6.07) is 15.4. The standard InChI is InChI=1S/C29H31N7O5/c1-5-23-24(18-9-11-20(12-10-18)36-27(41-4)32-33(3)28(36)39)13-14-31-25(23)34-16-22(17-37)35(29(34)40)21-8-6-7-19(15-21)26(38)30-2/h6-15,22,37H,5,16-17H2,1-4H3,(H,30,38)/t22-/m0/s1. The lowest BCUT2D eigenvalue weighted by Gasteiger charge is -2.23. The second-order valence-corrected chi connectivity index (χ2v) is 9.52. The number of aliphatic hydroxyl groups excluding tert-OH is 1. The molecule has 1 aliphatic rings. The monoisotopic (exact) mass is 557 g/mol. The van der Waals surface area contributed by atoms with Gasteiger partial charge in [-0.3, -0.25) is 14.6 Å². The molecule has 12 nitrogen and oxygen atoms in total. The number of amides is 3. The van der Waals surface area contributed by atoms with Gasteiger partial charge in [-0.1, -0.05) is 25.1 Å². The number of urea groups is 1. The van der Waals surface area contributed by atoms with Gasteiger partial charge in [0.25, 0.3) is 5.91 Å². The van der Waals surface area contributed by atoms with Gasteiger partial charge in [-0.25, -0.2) is 23.8 Å². The van der Waals surface area contributed by atoms with E-state index in [0.717, 1.165) is 16.7 Å². The molecule has 2 aromatic carbocycles. The van der Waals surface area contributed by atoms with Gasteiger partial charge in [-0.15, -0.1) is 5.10 Å². The number of hydrogen-bond acceptors (Lipinski definition) is 7. The van der Waals surface area contributed by atoms with Crippen molar-refractivity contribution in [3.8, 4) is 22.8 Å². The second kappa shape index (κ2) is 11.3. The fraction of sp³-hybridized carbons (Fsp3) is 0.276. The van der Waals surface area contributed by atoms with Crippen LogP contribution in [0.15, 0.2) is 65.6 Å². The molecule has 41 heavy (non-hydrogen) atoms. The zero-order valence-electron chi connectivity index (χ0n) is 23.2. The van der Waals surface area contributed by atoms with Crippen LogP contribution in [-0.2, 0) is 13.5 Å². The summed E-state index contributed by atoms with van der Waals surface area (Å²) in [5.41, 5.74) is 3.84. The number of benzene rings is 2. The highest BCUT2D eigenvalue weighted by Crippen LogP contribution is 2.35. The molecule has 12 heteroatoms. The van der Waals surface area contributed by atoms with Crippen molar-refractivity contribution >= 4 is 23.4 Å². The van der Waals surface area contributed by atoms with Crippen molar-refractivity contribution < 1.29 is 19.4 Å². The van der Waals surface area contributed by atoms with E-state index in [1.807, 2.05) is 37.3 Å². The van der Waals surface area contributed by atoms with Gasteiger partial charge >= 0.3 is 17.7 Å². The number of methoxy groups -OCH3 is 1. The van der Waals surface area contributed by atoms with Crippen molar-refractivity contribution in [3.05, 3.63) is 82.4 Å². The van der Waals surface area contributed by atoms with Crippen molar-refractivity contribution in [2.24, 2.45) is 7.05 Å². The van der Waals surface area contributed by atoms with Crippen LogP contribution in [0.4, 0.5) is 16.3 Å². The first kappa shape index (κ1) is 27.6. The third-order valence-electron chi connectivity index (χ3n) is 7.18. The van der Waals surface area contributed by atoms with Crippen LogP contribution in [-0.4, -0.2) is 69.7 Å². The van der Waals surface area contributed by atoms with E-state index in [1.54, 1.807) is 49.5 Å². The Labute approximate surface area is 236 Å². The van der Waals surface area contributed by atoms with Crippen LogP contribution in [0, 0.1) is 0 Å². The van der Waals surface area contributed by atoms with Crippen LogP contribution in [0.25, 0.3) is 16.8 Å². The molecule has 3 amide bonds. The van der Waals surface area contributed by atoms with Crippen molar-refractivity contribution in [1.29, 1.82) is 0 Å². The molecular formula is C29H31N7O5. The largest absolute Gasteiger partial charge is 0.467 e. The third-order valence-corrected chi connectivity index (χ3v) is 7.18. The van der Waals surface area contributed by atoms with Crippen LogP contribution >= 0.6 is 0 Å². The van der Waals surface area contributed by atoms with Gasteiger partial charge in [-0.2, -0.15) is 0 Å². The number of nitrogens with zero attached hydrogens (tertiary/aromatic N) is 6. The molecule has 4 aromatic rings. The molecule has 2 N–H and O–H groups in total. The van der Waals surface area contributed by atoms with Gasteiger partial charge in [0, 0.05) is 37.1 Å². The van der Waals surface area contributed by atoms with E-state index in [4.69, 9.17) is 4.74 Å². The summed E-state index contributed by atoms with van der Waals surface area (Å²) in [4.78, 5) is 46.2. The number of rotatable bonds is 8. The zero-order valence-corrected chi connectivity index (χ0v) is 23.2. The Bertz CT molecular complexity index is 1660. The van der Waals surface area contributed by atoms with Crippen molar-refractivity contribution in [1.82, 2.24) is 24.6 Å². The fourth-order valence-electron chi connectivity index (χ4n) is 5.15. The van der Waals surface area contributed by atoms with Gasteiger partial charge in [0.1, 0.15) is 5.82 Å². The highest BCUT2D eigenvalue weighted by Gasteiger charge is 2.40. The summed E-state index contributed by atoms with van der Waals surface area (Å²) in [7, 11) is 4.56. The highest BCUT2D eigenvalue weighted by atomic mass is 16.5. The molecule has 1 fully saturated rings. The van der Waals surface area contributed by atoms with E-state index in [9.17, 15) is 19.5 Å². The molecule has 2 aromatic heterocycles. The van der Waals surface area contributed by atoms with E-state index in [1.165, 1.54) is 21.3 Å². The predicted octanol–water partition coefficient (Wildman–Crippen LogP) is 2.37. The van der Waals surface area contributed by atoms with Crippen LogP contribution in [0.2, 0.25) is 0 Å². The Morgan fingerprint density at radius 2 is 1.88 bits per heavy atom. The summed E-state index contributed by atoms with van der Waals surface area (Å²) < 4.78 is 7.85. The summed E-state index contributed by atoms with van der Waals surface area (Å²) in [5.74, 6) is 0.240. The molecule has 1 aliphatic heterocycles. The molecule has 3 heterocycles. The summed E-state index contributed by atoms with van der Waals surface area (Å²) in [6.07, 6.45) is 2.25. The SMILES string of the molecule is CCc1c(-c2ccc(-n3c(OC)nn(C)c3=O)cc2)ccnc1N1C[C@@H](CO)N(c2cccc(C(=O)NC)c2)C1=O. The maximum absolute atomic E-state index is 13.8. The number of carbonyl (C=O) groups is 2. The Kier molecular flexibility index (Phi) is 7.58. The number of aryl methyl sites for hydroxylation is 1. The summed E-state index contributed by atoms with van der Waals surface area (Å²) >= 11 is 0. The van der Waals surface area contributed by atoms with Crippen LogP contribution in [0.5, 0.6) is 6.01 Å². The molecule has 0 spiro atoms. The molecule has 0 aliphatic carbocycles. The zero-order chi connectivity index (χ0) is 29.3. The number of pyridine rings is 1. The topological polar surface area (TPSA) is 135 Å². The first-order valence-electron chi connectivity index (χ1n) is 13.1. The van der Waals surface area contributed by atoms with Crippen LogP contribution in [0.1, 0.15) is 22.8 Å². The number of anilines is 2. The molecule has 0 radical (unpaired) electrons. The van der Waals surface area contributed by atoms with Gasteiger partial charge in [0.05, 0.1) is 32.0 Å². The minimum Gasteiger partial charge on any atom is -0.467 e. The van der Waals surface area contributed by atoms with Gasteiger partial charge in [0.15, 0.2) is 0 Å². The quantitative estimate of drug-likeness (QED) is 0.340. The minimum atomic E-state index is -0.523. The molecule has 1 atom stereocenters. The number of carbonyl (C=O) groups excluding carboxylic acids is 2. The lowest BCUT2D eigenvalue weighted by atomic mass is 9.98. The number of hydrogen-bond donors (Lipinski definition) is 2. The summed E-state index contributed by atoms with van der Waals surface area (Å²) in [5, 5.41) is 16.9. The molecule has 212 valence electrons. The Morgan fingerprint density at radius 1 is 1.12 bits per heavy atom. The van der Waals surface area contributed by atoms with E-state index in [-0.39, 0.29) is 36.8 Å². The van der Waals surface area contributed by atoms with Gasteiger partial charge in [0.2, 0.25) is 0 Å². The number of ether oxygens (including phenoxy) is 1. The normalized spacial score (nSPS) is 15.0. The predicted molar refractivity (Wildman–Crippen MR) is 154 cm³/mol. The number of aromatic nitrogens is 4. The van der Waals surface area contributed by atoms with Gasteiger partial charge < -0.3 is 15.2 Å². The Hall–Kier alpha value is -4.97. The molecule has 0 unspecified atom stereocenters. The third kappa shape index (κ3) is 4.82. The van der Waals surface area contributed by atoms with Crippen LogP contribution < -0.4 is 25.5 Å². The minimum absolute atomic E-state index is 0.182. The fourth-order valence-corrected chi connectivity index (χ4v) is 5.15. The lowest BCUT2D eigenvalue weighted by Crippen LogP contribution is -2.37. The van der Waals surface area contributed by atoms with Crippen molar-refractivity contribution in [3.63, 3.8) is 0 Å². The Morgan fingerprint density at radius 3 is 2.54 bits per heavy atom. The van der Waals surface area contributed by atoms with E-state index in [2.05, 4.69) is 15.4 Å². The maximum Gasteiger partial charge on any atom is 0.353 e. The Balaban J connectivity index is 1.50. The average molecular weight is 558 g/mol. The van der Waals surface area contributed by atoms with Gasteiger partial charge in [-0.05, 0) is 53.9 Å². The van der Waals surface area contributed by atoms with E-state index in [0.29, 0.717) is 29.2 Å². The van der Waals surface area contributed by atoms with E-state index < -0.39 is 6.04 Å². The first-order valence-corrected chi connectivity index (χ1v) is 13.1. The number of aliphatic hydroxyl groups is 1. The number of nitrogens with one attached hydrogen (secondary N) is 1. The highest BCUT2D eigenvalue weighted by molar-refractivity contribution is 6.07. The second-order valence-electron chi connectivity index (χ2n) is 9.52. The van der Waals surface area contributed by atoms with E-state index >= 15 is 0 Å². The molecule has 5 rings (SSSR count). The lowest BCUT2D eigenvalue weighted by molar-refractivity contribution is 0.0963. The molecule has 1 saturated heterocycles. The van der Waals surface area contributed by atoms with Crippen molar-refractivity contribution in [2.75, 3.05) is 37.1 Å². The molecular weight excluding hydrogens is 526 g/mol. The smallest absolute Gasteiger partial charge is 0.353 e. The first-order chi connectivity index (χ1) is 19.8.